The number of anilines is 1. The van der Waals surface area contributed by atoms with E-state index in [9.17, 15) is 22.8 Å². The number of aryl methyl sites for hydroxylation is 1. The van der Waals surface area contributed by atoms with Crippen molar-refractivity contribution >= 4 is 11.6 Å². The van der Waals surface area contributed by atoms with E-state index in [0.29, 0.717) is 19.5 Å². The minimum atomic E-state index is -4.61. The van der Waals surface area contributed by atoms with E-state index in [0.717, 1.165) is 22.5 Å². The molecule has 0 aliphatic carbocycles. The van der Waals surface area contributed by atoms with Crippen LogP contribution in [-0.4, -0.2) is 39.7 Å². The van der Waals surface area contributed by atoms with Crippen LogP contribution in [0.2, 0.25) is 0 Å². The van der Waals surface area contributed by atoms with Crippen molar-refractivity contribution in [3.05, 3.63) is 87.8 Å². The minimum absolute atomic E-state index is 0.0000192. The second-order valence-electron chi connectivity index (χ2n) is 7.67. The summed E-state index contributed by atoms with van der Waals surface area (Å²) >= 11 is 0. The number of carbonyl (C=O) groups is 1. The molecule has 1 aliphatic rings. The van der Waals surface area contributed by atoms with E-state index in [1.54, 1.807) is 0 Å². The van der Waals surface area contributed by atoms with Gasteiger partial charge in [-0.25, -0.2) is 4.68 Å². The summed E-state index contributed by atoms with van der Waals surface area (Å²) in [5.41, 5.74) is -1.03. The summed E-state index contributed by atoms with van der Waals surface area (Å²) in [6.45, 7) is 2.25. The standard InChI is InChI=1S/C23H21F3N4O2/c1-15-13-20(31)21(28-30(15)19-10-6-5-9-18(19)23(24,25)26)22(32)29-12-11-17(14-29)27-16-7-3-2-4-8-16/h2-10,13,17,27H,11-12,14H2,1H3. The third kappa shape index (κ3) is 4.37. The Morgan fingerprint density at radius 3 is 2.50 bits per heavy atom. The molecule has 6 nitrogen and oxygen atoms in total. The molecule has 0 saturated carbocycles. The van der Waals surface area contributed by atoms with Crippen molar-refractivity contribution in [1.82, 2.24) is 14.7 Å². The van der Waals surface area contributed by atoms with Gasteiger partial charge < -0.3 is 10.2 Å². The predicted octanol–water partition coefficient (Wildman–Crippen LogP) is 3.89. The number of halogens is 3. The Balaban J connectivity index is 1.62. The maximum atomic E-state index is 13.5. The number of aromatic nitrogens is 2. The highest BCUT2D eigenvalue weighted by Gasteiger charge is 2.35. The van der Waals surface area contributed by atoms with Gasteiger partial charge in [-0.15, -0.1) is 0 Å². The summed E-state index contributed by atoms with van der Waals surface area (Å²) in [4.78, 5) is 27.1. The first-order valence-electron chi connectivity index (χ1n) is 10.1. The SMILES string of the molecule is Cc1cc(=O)c(C(=O)N2CCC(Nc3ccccc3)C2)nn1-c1ccccc1C(F)(F)F. The topological polar surface area (TPSA) is 67.2 Å². The molecule has 2 heterocycles. The number of likely N-dealkylation sites (tertiary alicyclic amines) is 1. The zero-order valence-corrected chi connectivity index (χ0v) is 17.3. The van der Waals surface area contributed by atoms with E-state index < -0.39 is 28.8 Å². The summed E-state index contributed by atoms with van der Waals surface area (Å²) in [5.74, 6) is -0.592. The molecule has 1 N–H and O–H groups in total. The quantitative estimate of drug-likeness (QED) is 0.666. The number of hydrogen-bond acceptors (Lipinski definition) is 4. The number of amides is 1. The molecule has 9 heteroatoms. The first-order chi connectivity index (χ1) is 15.2. The first-order valence-corrected chi connectivity index (χ1v) is 10.1. The molecular formula is C23H21F3N4O2. The molecule has 0 spiro atoms. The van der Waals surface area contributed by atoms with Crippen LogP contribution in [-0.2, 0) is 6.18 Å². The maximum absolute atomic E-state index is 13.5. The molecule has 1 saturated heterocycles. The number of nitrogens with one attached hydrogen (secondary N) is 1. The number of rotatable bonds is 4. The molecule has 1 atom stereocenters. The van der Waals surface area contributed by atoms with Gasteiger partial charge in [-0.05, 0) is 37.6 Å². The molecule has 1 amide bonds. The minimum Gasteiger partial charge on any atom is -0.380 e. The normalized spacial score (nSPS) is 16.2. The van der Waals surface area contributed by atoms with Gasteiger partial charge in [0, 0.05) is 36.6 Å². The van der Waals surface area contributed by atoms with Crippen LogP contribution in [0.25, 0.3) is 5.69 Å². The fourth-order valence-corrected chi connectivity index (χ4v) is 3.82. The number of benzene rings is 2. The highest BCUT2D eigenvalue weighted by molar-refractivity contribution is 5.92. The molecule has 32 heavy (non-hydrogen) atoms. The summed E-state index contributed by atoms with van der Waals surface area (Å²) in [5, 5.41) is 7.40. The third-order valence-corrected chi connectivity index (χ3v) is 5.37. The predicted molar refractivity (Wildman–Crippen MR) is 114 cm³/mol. The molecule has 2 aromatic carbocycles. The lowest BCUT2D eigenvalue weighted by Crippen LogP contribution is -2.36. The fraction of sp³-hybridized carbons (Fsp3) is 0.261. The van der Waals surface area contributed by atoms with Gasteiger partial charge in [-0.1, -0.05) is 30.3 Å². The summed E-state index contributed by atoms with van der Waals surface area (Å²) in [6.07, 6.45) is -3.93. The zero-order valence-electron chi connectivity index (χ0n) is 17.3. The molecule has 1 unspecified atom stereocenters. The van der Waals surface area contributed by atoms with Crippen LogP contribution in [0.15, 0.2) is 65.5 Å². The van der Waals surface area contributed by atoms with E-state index >= 15 is 0 Å². The monoisotopic (exact) mass is 442 g/mol. The third-order valence-electron chi connectivity index (χ3n) is 5.37. The summed E-state index contributed by atoms with van der Waals surface area (Å²) in [6, 6.07) is 15.6. The van der Waals surface area contributed by atoms with E-state index in [-0.39, 0.29) is 17.4 Å². The Kier molecular flexibility index (Phi) is 5.73. The Bertz CT molecular complexity index is 1190. The van der Waals surface area contributed by atoms with Crippen molar-refractivity contribution in [2.24, 2.45) is 0 Å². The Morgan fingerprint density at radius 2 is 1.78 bits per heavy atom. The van der Waals surface area contributed by atoms with Gasteiger partial charge in [-0.2, -0.15) is 18.3 Å². The molecule has 1 aliphatic heterocycles. The van der Waals surface area contributed by atoms with Gasteiger partial charge in [0.1, 0.15) is 0 Å². The average molecular weight is 442 g/mol. The summed E-state index contributed by atoms with van der Waals surface area (Å²) in [7, 11) is 0. The molecule has 1 aromatic heterocycles. The number of para-hydroxylation sites is 2. The van der Waals surface area contributed by atoms with Crippen LogP contribution in [0.5, 0.6) is 0 Å². The number of carbonyl (C=O) groups excluding carboxylic acids is 1. The van der Waals surface area contributed by atoms with Crippen molar-refractivity contribution in [1.29, 1.82) is 0 Å². The van der Waals surface area contributed by atoms with E-state index in [1.165, 1.54) is 30.0 Å². The summed E-state index contributed by atoms with van der Waals surface area (Å²) < 4.78 is 41.5. The van der Waals surface area contributed by atoms with E-state index in [2.05, 4.69) is 10.4 Å². The Hall–Kier alpha value is -3.62. The van der Waals surface area contributed by atoms with Crippen LogP contribution in [0.3, 0.4) is 0 Å². The van der Waals surface area contributed by atoms with Crippen LogP contribution in [0.1, 0.15) is 28.2 Å². The van der Waals surface area contributed by atoms with Gasteiger partial charge in [0.2, 0.25) is 5.43 Å². The van der Waals surface area contributed by atoms with Gasteiger partial charge in [0.25, 0.3) is 5.91 Å². The number of nitrogens with zero attached hydrogens (tertiary/aromatic N) is 3. The largest absolute Gasteiger partial charge is 0.418 e. The van der Waals surface area contributed by atoms with Crippen molar-refractivity contribution in [3.8, 4) is 5.69 Å². The first kappa shape index (κ1) is 21.6. The number of alkyl halides is 3. The second-order valence-corrected chi connectivity index (χ2v) is 7.67. The van der Waals surface area contributed by atoms with Crippen molar-refractivity contribution in [2.45, 2.75) is 25.6 Å². The van der Waals surface area contributed by atoms with Crippen molar-refractivity contribution in [2.75, 3.05) is 18.4 Å². The molecule has 0 radical (unpaired) electrons. The zero-order chi connectivity index (χ0) is 22.9. The van der Waals surface area contributed by atoms with Crippen LogP contribution < -0.4 is 10.7 Å². The smallest absolute Gasteiger partial charge is 0.380 e. The van der Waals surface area contributed by atoms with Gasteiger partial charge in [0.15, 0.2) is 5.69 Å². The molecule has 3 aromatic rings. The lowest BCUT2D eigenvalue weighted by atomic mass is 10.1. The Labute approximate surface area is 182 Å². The van der Waals surface area contributed by atoms with E-state index in [4.69, 9.17) is 0 Å². The molecule has 166 valence electrons. The van der Waals surface area contributed by atoms with Gasteiger partial charge in [0.05, 0.1) is 11.3 Å². The number of hydrogen-bond donors (Lipinski definition) is 1. The second kappa shape index (κ2) is 8.49. The molecular weight excluding hydrogens is 421 g/mol. The van der Waals surface area contributed by atoms with Crippen LogP contribution in [0.4, 0.5) is 18.9 Å². The Morgan fingerprint density at radius 1 is 1.09 bits per heavy atom. The lowest BCUT2D eigenvalue weighted by molar-refractivity contribution is -0.137. The molecule has 0 bridgehead atoms. The van der Waals surface area contributed by atoms with E-state index in [1.807, 2.05) is 30.3 Å². The van der Waals surface area contributed by atoms with Crippen molar-refractivity contribution in [3.63, 3.8) is 0 Å². The van der Waals surface area contributed by atoms with Crippen LogP contribution in [0, 0.1) is 6.92 Å². The molecule has 4 rings (SSSR count). The van der Waals surface area contributed by atoms with Crippen molar-refractivity contribution < 1.29 is 18.0 Å². The fourth-order valence-electron chi connectivity index (χ4n) is 3.82. The van der Waals surface area contributed by atoms with Gasteiger partial charge in [-0.3, -0.25) is 9.59 Å². The average Bonchev–Trinajstić information content (AvgIpc) is 3.22. The van der Waals surface area contributed by atoms with Crippen LogP contribution >= 0.6 is 0 Å². The highest BCUT2D eigenvalue weighted by atomic mass is 19.4. The van der Waals surface area contributed by atoms with Gasteiger partial charge >= 0.3 is 6.18 Å². The highest BCUT2D eigenvalue weighted by Crippen LogP contribution is 2.33. The molecule has 1 fully saturated rings. The maximum Gasteiger partial charge on any atom is 0.418 e. The lowest BCUT2D eigenvalue weighted by Gasteiger charge is -2.19.